The van der Waals surface area contributed by atoms with Gasteiger partial charge < -0.3 is 15.0 Å². The maximum Gasteiger partial charge on any atom is 0.271 e. The zero-order chi connectivity index (χ0) is 16.8. The second-order valence-corrected chi connectivity index (χ2v) is 5.95. The molecule has 0 saturated carbocycles. The van der Waals surface area contributed by atoms with Crippen LogP contribution in [-0.2, 0) is 11.2 Å². The van der Waals surface area contributed by atoms with Gasteiger partial charge in [0.1, 0.15) is 0 Å². The molecule has 2 aromatic rings. The molecule has 126 valence electrons. The van der Waals surface area contributed by atoms with Crippen molar-refractivity contribution in [1.29, 1.82) is 0 Å². The van der Waals surface area contributed by atoms with E-state index < -0.39 is 0 Å². The Morgan fingerprint density at radius 1 is 1.21 bits per heavy atom. The third-order valence-corrected chi connectivity index (χ3v) is 4.04. The van der Waals surface area contributed by atoms with Crippen LogP contribution in [0.3, 0.4) is 0 Å². The molecule has 0 bridgehead atoms. The summed E-state index contributed by atoms with van der Waals surface area (Å²) in [4.78, 5) is 14.2. The van der Waals surface area contributed by atoms with E-state index in [4.69, 9.17) is 16.3 Å². The fourth-order valence-electron chi connectivity index (χ4n) is 2.51. The van der Waals surface area contributed by atoms with Gasteiger partial charge in [0.2, 0.25) is 0 Å². The zero-order valence-electron chi connectivity index (χ0n) is 13.2. The van der Waals surface area contributed by atoms with Crippen molar-refractivity contribution >= 4 is 23.3 Å². The van der Waals surface area contributed by atoms with Crippen molar-refractivity contribution < 1.29 is 9.53 Å². The second kappa shape index (κ2) is 8.08. The number of aromatic nitrogens is 2. The van der Waals surface area contributed by atoms with Crippen LogP contribution in [0.2, 0.25) is 5.02 Å². The molecule has 1 aliphatic heterocycles. The highest BCUT2D eigenvalue weighted by Gasteiger charge is 2.14. The van der Waals surface area contributed by atoms with Gasteiger partial charge in [-0.2, -0.15) is 0 Å². The minimum atomic E-state index is -0.224. The molecule has 1 aliphatic rings. The van der Waals surface area contributed by atoms with Gasteiger partial charge in [-0.15, -0.1) is 10.2 Å². The summed E-state index contributed by atoms with van der Waals surface area (Å²) in [6.45, 7) is 3.48. The van der Waals surface area contributed by atoms with Crippen LogP contribution in [0.4, 0.5) is 5.82 Å². The molecule has 0 unspecified atom stereocenters. The van der Waals surface area contributed by atoms with Crippen molar-refractivity contribution in [2.75, 3.05) is 37.7 Å². The highest BCUT2D eigenvalue weighted by Crippen LogP contribution is 2.12. The van der Waals surface area contributed by atoms with E-state index in [1.807, 2.05) is 30.3 Å². The number of nitrogens with zero attached hydrogens (tertiary/aromatic N) is 3. The maximum absolute atomic E-state index is 12.1. The number of hydrogen-bond donors (Lipinski definition) is 1. The number of nitrogens with one attached hydrogen (secondary N) is 1. The minimum Gasteiger partial charge on any atom is -0.378 e. The van der Waals surface area contributed by atoms with Gasteiger partial charge in [0.15, 0.2) is 11.5 Å². The molecule has 1 aromatic carbocycles. The fraction of sp³-hybridized carbons (Fsp3) is 0.353. The number of ether oxygens (including phenoxy) is 1. The standard InChI is InChI=1S/C17H19ClN4O2/c18-14-3-1-2-13(12-14)6-7-19-17(23)15-4-5-16(21-20-15)22-8-10-24-11-9-22/h1-5,12H,6-11H2,(H,19,23). The summed E-state index contributed by atoms with van der Waals surface area (Å²) < 4.78 is 5.31. The van der Waals surface area contributed by atoms with Gasteiger partial charge in [-0.3, -0.25) is 4.79 Å². The van der Waals surface area contributed by atoms with Gasteiger partial charge >= 0.3 is 0 Å². The third kappa shape index (κ3) is 4.43. The summed E-state index contributed by atoms with van der Waals surface area (Å²) in [6.07, 6.45) is 0.714. The highest BCUT2D eigenvalue weighted by atomic mass is 35.5. The number of hydrogen-bond acceptors (Lipinski definition) is 5. The van der Waals surface area contributed by atoms with Gasteiger partial charge in [0, 0.05) is 24.7 Å². The highest BCUT2D eigenvalue weighted by molar-refractivity contribution is 6.30. The molecule has 1 amide bonds. The lowest BCUT2D eigenvalue weighted by Gasteiger charge is -2.27. The summed E-state index contributed by atoms with van der Waals surface area (Å²) in [5.74, 6) is 0.548. The van der Waals surface area contributed by atoms with Gasteiger partial charge in [-0.25, -0.2) is 0 Å². The first-order valence-electron chi connectivity index (χ1n) is 7.91. The molecule has 1 aromatic heterocycles. The lowest BCUT2D eigenvalue weighted by atomic mass is 10.1. The molecular weight excluding hydrogens is 328 g/mol. The molecule has 6 nitrogen and oxygen atoms in total. The molecule has 2 heterocycles. The number of anilines is 1. The molecule has 1 saturated heterocycles. The van der Waals surface area contributed by atoms with Crippen LogP contribution < -0.4 is 10.2 Å². The number of amides is 1. The summed E-state index contributed by atoms with van der Waals surface area (Å²) in [6, 6.07) is 11.1. The fourth-order valence-corrected chi connectivity index (χ4v) is 2.72. The molecule has 7 heteroatoms. The van der Waals surface area contributed by atoms with E-state index in [-0.39, 0.29) is 5.91 Å². The quantitative estimate of drug-likeness (QED) is 0.896. The Hall–Kier alpha value is -2.18. The number of rotatable bonds is 5. The third-order valence-electron chi connectivity index (χ3n) is 3.81. The summed E-state index contributed by atoms with van der Waals surface area (Å²) >= 11 is 5.94. The molecule has 0 atom stereocenters. The number of carbonyl (C=O) groups is 1. The molecule has 3 rings (SSSR count). The average molecular weight is 347 g/mol. The number of carbonyl (C=O) groups excluding carboxylic acids is 1. The molecule has 0 radical (unpaired) electrons. The van der Waals surface area contributed by atoms with Crippen LogP contribution in [0, 0.1) is 0 Å². The van der Waals surface area contributed by atoms with Crippen molar-refractivity contribution in [2.45, 2.75) is 6.42 Å². The van der Waals surface area contributed by atoms with Crippen LogP contribution in [-0.4, -0.2) is 49.0 Å². The van der Waals surface area contributed by atoms with E-state index in [1.54, 1.807) is 6.07 Å². The van der Waals surface area contributed by atoms with E-state index >= 15 is 0 Å². The van der Waals surface area contributed by atoms with Crippen LogP contribution >= 0.6 is 11.6 Å². The van der Waals surface area contributed by atoms with Crippen molar-refractivity contribution in [1.82, 2.24) is 15.5 Å². The van der Waals surface area contributed by atoms with Crippen molar-refractivity contribution in [3.05, 3.63) is 52.7 Å². The SMILES string of the molecule is O=C(NCCc1cccc(Cl)c1)c1ccc(N2CCOCC2)nn1. The first kappa shape index (κ1) is 16.7. The molecule has 0 spiro atoms. The van der Waals surface area contributed by atoms with E-state index in [1.165, 1.54) is 0 Å². The maximum atomic E-state index is 12.1. The summed E-state index contributed by atoms with van der Waals surface area (Å²) in [7, 11) is 0. The first-order valence-corrected chi connectivity index (χ1v) is 8.29. The molecular formula is C17H19ClN4O2. The second-order valence-electron chi connectivity index (χ2n) is 5.51. The van der Waals surface area contributed by atoms with E-state index in [9.17, 15) is 4.79 Å². The Morgan fingerprint density at radius 3 is 2.75 bits per heavy atom. The lowest BCUT2D eigenvalue weighted by molar-refractivity contribution is 0.0948. The van der Waals surface area contributed by atoms with Crippen LogP contribution in [0.15, 0.2) is 36.4 Å². The minimum absolute atomic E-state index is 0.224. The van der Waals surface area contributed by atoms with E-state index in [2.05, 4.69) is 20.4 Å². The normalized spacial score (nSPS) is 14.5. The van der Waals surface area contributed by atoms with Crippen molar-refractivity contribution in [3.63, 3.8) is 0 Å². The van der Waals surface area contributed by atoms with Gasteiger partial charge in [0.25, 0.3) is 5.91 Å². The number of benzene rings is 1. The van der Waals surface area contributed by atoms with Crippen LogP contribution in [0.25, 0.3) is 0 Å². The van der Waals surface area contributed by atoms with Gasteiger partial charge in [-0.1, -0.05) is 23.7 Å². The average Bonchev–Trinajstić information content (AvgIpc) is 2.63. The topological polar surface area (TPSA) is 67.4 Å². The Labute approximate surface area is 145 Å². The molecule has 1 fully saturated rings. The van der Waals surface area contributed by atoms with Gasteiger partial charge in [-0.05, 0) is 36.2 Å². The summed E-state index contributed by atoms with van der Waals surface area (Å²) in [5, 5.41) is 11.7. The van der Waals surface area contributed by atoms with Crippen LogP contribution in [0.5, 0.6) is 0 Å². The Bertz CT molecular complexity index is 687. The number of morpholine rings is 1. The predicted octanol–water partition coefficient (Wildman–Crippen LogP) is 1.94. The predicted molar refractivity (Wildman–Crippen MR) is 92.6 cm³/mol. The van der Waals surface area contributed by atoms with Gasteiger partial charge in [0.05, 0.1) is 13.2 Å². The van der Waals surface area contributed by atoms with E-state index in [0.717, 1.165) is 24.5 Å². The Kier molecular flexibility index (Phi) is 5.61. The van der Waals surface area contributed by atoms with Crippen LogP contribution in [0.1, 0.15) is 16.1 Å². The Balaban J connectivity index is 1.51. The smallest absolute Gasteiger partial charge is 0.271 e. The number of halogens is 1. The zero-order valence-corrected chi connectivity index (χ0v) is 14.0. The monoisotopic (exact) mass is 346 g/mol. The lowest BCUT2D eigenvalue weighted by Crippen LogP contribution is -2.37. The van der Waals surface area contributed by atoms with E-state index in [0.29, 0.717) is 36.9 Å². The summed E-state index contributed by atoms with van der Waals surface area (Å²) in [5.41, 5.74) is 1.40. The Morgan fingerprint density at radius 2 is 2.04 bits per heavy atom. The van der Waals surface area contributed by atoms with Crippen molar-refractivity contribution in [3.8, 4) is 0 Å². The molecule has 24 heavy (non-hydrogen) atoms. The largest absolute Gasteiger partial charge is 0.378 e. The molecule has 0 aliphatic carbocycles. The molecule has 1 N–H and O–H groups in total. The van der Waals surface area contributed by atoms with Crippen molar-refractivity contribution in [2.24, 2.45) is 0 Å². The first-order chi connectivity index (χ1) is 11.7.